The van der Waals surface area contributed by atoms with Gasteiger partial charge >= 0.3 is 0 Å². The molecule has 0 amide bonds. The van der Waals surface area contributed by atoms with Gasteiger partial charge in [-0.15, -0.1) is 0 Å². The number of hydrogen-bond donors (Lipinski definition) is 0. The highest BCUT2D eigenvalue weighted by Gasteiger charge is 2.62. The van der Waals surface area contributed by atoms with E-state index in [-0.39, 0.29) is 10.8 Å². The average Bonchev–Trinajstić information content (AvgIpc) is 3.73. The number of nitrogens with zero attached hydrogens (tertiary/aromatic N) is 3. The second kappa shape index (κ2) is 13.0. The minimum atomic E-state index is -0.0668. The minimum absolute atomic E-state index is 0.0593. The summed E-state index contributed by atoms with van der Waals surface area (Å²) in [5.74, 6) is 5.22. The van der Waals surface area contributed by atoms with Crippen LogP contribution in [0.15, 0.2) is 164 Å². The summed E-state index contributed by atoms with van der Waals surface area (Å²) in [4.78, 5) is 15.9. The molecule has 3 nitrogen and oxygen atoms in total. The summed E-state index contributed by atoms with van der Waals surface area (Å²) in [5, 5.41) is 0. The molecule has 61 heavy (non-hydrogen) atoms. The van der Waals surface area contributed by atoms with Crippen molar-refractivity contribution in [1.29, 1.82) is 0 Å². The highest BCUT2D eigenvalue weighted by atomic mass is 15.0. The average molecular weight is 786 g/mol. The molecule has 1 heterocycles. The maximum absolute atomic E-state index is 5.33. The number of benzene rings is 7. The minimum Gasteiger partial charge on any atom is -0.208 e. The molecule has 1 aromatic heterocycles. The van der Waals surface area contributed by atoms with Crippen LogP contribution in [0.25, 0.3) is 78.7 Å². The Bertz CT molecular complexity index is 2910. The first-order valence-electron chi connectivity index (χ1n) is 22.4. The fourth-order valence-corrected chi connectivity index (χ4v) is 13.3. The second-order valence-corrected chi connectivity index (χ2v) is 19.2. The van der Waals surface area contributed by atoms with Crippen LogP contribution in [-0.4, -0.2) is 15.0 Å². The van der Waals surface area contributed by atoms with E-state index in [0.717, 1.165) is 28.5 Å². The van der Waals surface area contributed by atoms with Gasteiger partial charge in [0.1, 0.15) is 0 Å². The van der Waals surface area contributed by atoms with E-state index >= 15 is 0 Å². The number of fused-ring (bicyclic) bond motifs is 7. The van der Waals surface area contributed by atoms with E-state index in [0.29, 0.717) is 29.3 Å². The van der Waals surface area contributed by atoms with Crippen LogP contribution in [0.3, 0.4) is 0 Å². The summed E-state index contributed by atoms with van der Waals surface area (Å²) in [5.41, 5.74) is 19.5. The molecule has 0 unspecified atom stereocenters. The van der Waals surface area contributed by atoms with E-state index in [9.17, 15) is 0 Å². The zero-order valence-electron chi connectivity index (χ0n) is 34.8. The van der Waals surface area contributed by atoms with Crippen LogP contribution in [0.2, 0.25) is 0 Å². The molecule has 1 spiro atoms. The fourth-order valence-electron chi connectivity index (χ4n) is 13.3. The van der Waals surface area contributed by atoms with Gasteiger partial charge < -0.3 is 0 Å². The first-order chi connectivity index (χ1) is 29.9. The summed E-state index contributed by atoms with van der Waals surface area (Å²) in [7, 11) is 0. The Morgan fingerprint density at radius 2 is 0.787 bits per heavy atom. The van der Waals surface area contributed by atoms with Crippen molar-refractivity contribution >= 4 is 0 Å². The smallest absolute Gasteiger partial charge is 0.164 e. The van der Waals surface area contributed by atoms with Crippen LogP contribution in [0.5, 0.6) is 0 Å². The van der Waals surface area contributed by atoms with Gasteiger partial charge in [-0.1, -0.05) is 172 Å². The van der Waals surface area contributed by atoms with Crippen molar-refractivity contribution in [3.8, 4) is 78.7 Å². The summed E-state index contributed by atoms with van der Waals surface area (Å²) in [6.45, 7) is 4.84. The van der Waals surface area contributed by atoms with E-state index in [2.05, 4.69) is 178 Å². The Hall–Kier alpha value is -6.45. The highest BCUT2D eigenvalue weighted by molar-refractivity contribution is 5.99. The Balaban J connectivity index is 1.00. The third-order valence-electron chi connectivity index (χ3n) is 15.7. The van der Waals surface area contributed by atoms with Gasteiger partial charge in [0.25, 0.3) is 0 Å². The van der Waals surface area contributed by atoms with Gasteiger partial charge in [-0.05, 0) is 129 Å². The van der Waals surface area contributed by atoms with Crippen molar-refractivity contribution < 1.29 is 0 Å². The van der Waals surface area contributed by atoms with Gasteiger partial charge in [-0.2, -0.15) is 0 Å². The van der Waals surface area contributed by atoms with Gasteiger partial charge in [0.05, 0.1) is 0 Å². The number of rotatable bonds is 5. The predicted octanol–water partition coefficient (Wildman–Crippen LogP) is 14.2. The van der Waals surface area contributed by atoms with Crippen molar-refractivity contribution in [2.75, 3.05) is 0 Å². The molecule has 0 atom stereocenters. The van der Waals surface area contributed by atoms with Gasteiger partial charge in [-0.25, -0.2) is 15.0 Å². The largest absolute Gasteiger partial charge is 0.208 e. The van der Waals surface area contributed by atoms with E-state index in [4.69, 9.17) is 15.0 Å². The molecular weight excluding hydrogens is 739 g/mol. The molecule has 0 aliphatic heterocycles. The molecule has 3 heteroatoms. The summed E-state index contributed by atoms with van der Waals surface area (Å²) >= 11 is 0. The van der Waals surface area contributed by atoms with Crippen LogP contribution >= 0.6 is 0 Å². The number of aromatic nitrogens is 3. The lowest BCUT2D eigenvalue weighted by molar-refractivity contribution is -0.0399. The van der Waals surface area contributed by atoms with E-state index in [1.54, 1.807) is 11.1 Å². The van der Waals surface area contributed by atoms with E-state index in [1.165, 1.54) is 87.7 Å². The third kappa shape index (κ3) is 5.13. The molecule has 14 rings (SSSR count). The first-order valence-corrected chi connectivity index (χ1v) is 22.4. The van der Waals surface area contributed by atoms with Crippen molar-refractivity contribution in [2.24, 2.45) is 23.7 Å². The Morgan fingerprint density at radius 3 is 1.36 bits per heavy atom. The van der Waals surface area contributed by atoms with E-state index < -0.39 is 0 Å². The summed E-state index contributed by atoms with van der Waals surface area (Å²) in [6, 6.07) is 60.1. The summed E-state index contributed by atoms with van der Waals surface area (Å²) < 4.78 is 0. The lowest BCUT2D eigenvalue weighted by Gasteiger charge is -2.61. The molecular formula is C58H47N3. The molecule has 0 saturated heterocycles. The maximum atomic E-state index is 5.33. The van der Waals surface area contributed by atoms with Gasteiger partial charge in [0.2, 0.25) is 0 Å². The molecule has 294 valence electrons. The molecule has 0 radical (unpaired) electrons. The molecule has 4 fully saturated rings. The maximum Gasteiger partial charge on any atom is 0.164 e. The topological polar surface area (TPSA) is 38.7 Å². The van der Waals surface area contributed by atoms with Crippen LogP contribution in [0.4, 0.5) is 0 Å². The Morgan fingerprint density at radius 1 is 0.361 bits per heavy atom. The second-order valence-electron chi connectivity index (χ2n) is 19.2. The van der Waals surface area contributed by atoms with Crippen LogP contribution in [-0.2, 0) is 10.8 Å². The van der Waals surface area contributed by atoms with E-state index in [1.807, 2.05) is 0 Å². The Kier molecular flexibility index (Phi) is 7.54. The zero-order valence-corrected chi connectivity index (χ0v) is 34.8. The summed E-state index contributed by atoms with van der Waals surface area (Å²) in [6.07, 6.45) is 6.89. The molecule has 4 saturated carbocycles. The van der Waals surface area contributed by atoms with Crippen LogP contribution in [0, 0.1) is 23.7 Å². The SMILES string of the molecule is CC1(C)c2ccccc2-c2c1ccc1c2-c2cc(-c3nc(-c4ccc(-c5ccccc5)cc4)nc(-c4ccc(-c5ccccc5)cc4)n3)ccc2C12C1CC3CC(C1)CC2C3. The van der Waals surface area contributed by atoms with Gasteiger partial charge in [-0.3, -0.25) is 0 Å². The molecule has 6 aliphatic carbocycles. The van der Waals surface area contributed by atoms with Crippen molar-refractivity contribution in [2.45, 2.75) is 56.8 Å². The quantitative estimate of drug-likeness (QED) is 0.174. The molecule has 0 N–H and O–H groups in total. The van der Waals surface area contributed by atoms with Crippen molar-refractivity contribution in [3.63, 3.8) is 0 Å². The van der Waals surface area contributed by atoms with Crippen LogP contribution in [0.1, 0.15) is 68.2 Å². The highest BCUT2D eigenvalue weighted by Crippen LogP contribution is 2.71. The monoisotopic (exact) mass is 785 g/mol. The first kappa shape index (κ1) is 35.3. The lowest BCUT2D eigenvalue weighted by atomic mass is 9.43. The zero-order chi connectivity index (χ0) is 40.5. The van der Waals surface area contributed by atoms with Crippen LogP contribution < -0.4 is 0 Å². The predicted molar refractivity (Wildman–Crippen MR) is 248 cm³/mol. The Labute approximate surface area is 358 Å². The third-order valence-corrected chi connectivity index (χ3v) is 15.7. The standard InChI is InChI=1S/C58H47N3/c1-57(2)48-16-10-9-15-46(48)52-50(57)27-28-51-53(52)47-34-43(25-26-49(47)58(51)44-30-35-29-36(32-44)33-45(58)31-35)56-60-54(41-21-17-39(18-22-41)37-11-5-3-6-12-37)59-55(61-56)42-23-19-40(20-24-42)38-13-7-4-8-14-38/h3-28,34-36,44-45H,29-33H2,1-2H3. The number of hydrogen-bond acceptors (Lipinski definition) is 3. The molecule has 8 aromatic rings. The van der Waals surface area contributed by atoms with Crippen molar-refractivity contribution in [1.82, 2.24) is 15.0 Å². The van der Waals surface area contributed by atoms with Gasteiger partial charge in [0.15, 0.2) is 17.5 Å². The lowest BCUT2D eigenvalue weighted by Crippen LogP contribution is -2.55. The normalized spacial score (nSPS) is 23.1. The fraction of sp³-hybridized carbons (Fsp3) is 0.224. The van der Waals surface area contributed by atoms with Gasteiger partial charge in [0, 0.05) is 27.5 Å². The molecule has 7 aromatic carbocycles. The van der Waals surface area contributed by atoms with Crippen molar-refractivity contribution in [3.05, 3.63) is 186 Å². The molecule has 6 aliphatic rings. The molecule has 4 bridgehead atoms.